The molecule has 116 valence electrons. The Bertz CT molecular complexity index is 465. The summed E-state index contributed by atoms with van der Waals surface area (Å²) < 4.78 is 5.69. The molecular formula is C15H21ClN2O2S. The average Bonchev–Trinajstić information content (AvgIpc) is 2.50. The second kappa shape index (κ2) is 8.51. The molecule has 0 N–H and O–H groups in total. The third kappa shape index (κ3) is 5.09. The molecule has 1 aromatic carbocycles. The van der Waals surface area contributed by atoms with Crippen molar-refractivity contribution >= 4 is 29.3 Å². The van der Waals surface area contributed by atoms with Gasteiger partial charge in [-0.25, -0.2) is 0 Å². The molecule has 6 heteroatoms. The van der Waals surface area contributed by atoms with E-state index in [9.17, 15) is 4.79 Å². The van der Waals surface area contributed by atoms with Gasteiger partial charge in [-0.05, 0) is 18.4 Å². The van der Waals surface area contributed by atoms with E-state index in [4.69, 9.17) is 16.3 Å². The first-order valence-corrected chi connectivity index (χ1v) is 8.84. The van der Waals surface area contributed by atoms with Crippen molar-refractivity contribution in [3.05, 3.63) is 29.3 Å². The van der Waals surface area contributed by atoms with Gasteiger partial charge in [0.25, 0.3) is 0 Å². The molecule has 1 aliphatic rings. The first-order valence-electron chi connectivity index (χ1n) is 7.07. The van der Waals surface area contributed by atoms with Crippen molar-refractivity contribution in [3.8, 4) is 5.75 Å². The van der Waals surface area contributed by atoms with Gasteiger partial charge in [-0.3, -0.25) is 9.69 Å². The highest BCUT2D eigenvalue weighted by atomic mass is 35.5. The number of halogens is 1. The smallest absolute Gasteiger partial charge is 0.232 e. The van der Waals surface area contributed by atoms with Crippen LogP contribution < -0.4 is 4.74 Å². The van der Waals surface area contributed by atoms with E-state index in [1.54, 1.807) is 11.8 Å². The zero-order chi connectivity index (χ0) is 15.1. The molecule has 0 bridgehead atoms. The molecule has 1 aromatic rings. The average molecular weight is 329 g/mol. The van der Waals surface area contributed by atoms with Gasteiger partial charge in [0.1, 0.15) is 12.4 Å². The van der Waals surface area contributed by atoms with Crippen molar-refractivity contribution in [3.63, 3.8) is 0 Å². The Hall–Kier alpha value is -0.910. The van der Waals surface area contributed by atoms with Crippen LogP contribution in [0.3, 0.4) is 0 Å². The number of nitrogens with zero attached hydrogens (tertiary/aromatic N) is 2. The number of para-hydroxylation sites is 1. The highest BCUT2D eigenvalue weighted by molar-refractivity contribution is 7.99. The van der Waals surface area contributed by atoms with Crippen LogP contribution in [0.25, 0.3) is 0 Å². The standard InChI is InChI=1S/C15H21ClN2O2S/c1-21-12-15(19)18-8-6-17(7-9-18)10-11-20-14-5-3-2-4-13(14)16/h2-5H,6-12H2,1H3. The van der Waals surface area contributed by atoms with Crippen molar-refractivity contribution < 1.29 is 9.53 Å². The minimum absolute atomic E-state index is 0.245. The van der Waals surface area contributed by atoms with Crippen LogP contribution in [0.2, 0.25) is 5.02 Å². The molecule has 1 aliphatic heterocycles. The molecule has 0 atom stereocenters. The molecular weight excluding hydrogens is 308 g/mol. The number of hydrogen-bond donors (Lipinski definition) is 0. The maximum atomic E-state index is 11.8. The van der Waals surface area contributed by atoms with Crippen molar-refractivity contribution in [1.82, 2.24) is 9.80 Å². The maximum Gasteiger partial charge on any atom is 0.232 e. The fourth-order valence-electron chi connectivity index (χ4n) is 2.28. The third-order valence-electron chi connectivity index (χ3n) is 3.49. The molecule has 0 saturated carbocycles. The van der Waals surface area contributed by atoms with Crippen LogP contribution >= 0.6 is 23.4 Å². The number of hydrogen-bond acceptors (Lipinski definition) is 4. The van der Waals surface area contributed by atoms with E-state index in [-0.39, 0.29) is 5.91 Å². The maximum absolute atomic E-state index is 11.8. The molecule has 1 saturated heterocycles. The van der Waals surface area contributed by atoms with Crippen LogP contribution in [-0.2, 0) is 4.79 Å². The Morgan fingerprint density at radius 3 is 2.67 bits per heavy atom. The van der Waals surface area contributed by atoms with E-state index in [1.807, 2.05) is 35.4 Å². The number of carbonyl (C=O) groups is 1. The summed E-state index contributed by atoms with van der Waals surface area (Å²) in [6, 6.07) is 7.51. The summed E-state index contributed by atoms with van der Waals surface area (Å²) in [4.78, 5) is 16.1. The summed E-state index contributed by atoms with van der Waals surface area (Å²) >= 11 is 7.62. The van der Waals surface area contributed by atoms with E-state index in [1.165, 1.54) is 0 Å². The predicted octanol–water partition coefficient (Wildman–Crippen LogP) is 2.23. The fourth-order valence-corrected chi connectivity index (χ4v) is 2.90. The van der Waals surface area contributed by atoms with Crippen molar-refractivity contribution in [2.75, 3.05) is 51.3 Å². The van der Waals surface area contributed by atoms with Gasteiger partial charge in [0.05, 0.1) is 10.8 Å². The molecule has 0 aliphatic carbocycles. The first kappa shape index (κ1) is 16.5. The molecule has 1 fully saturated rings. The van der Waals surface area contributed by atoms with Crippen LogP contribution in [0.1, 0.15) is 0 Å². The van der Waals surface area contributed by atoms with Gasteiger partial charge in [-0.1, -0.05) is 23.7 Å². The monoisotopic (exact) mass is 328 g/mol. The number of thioether (sulfide) groups is 1. The fraction of sp³-hybridized carbons (Fsp3) is 0.533. The van der Waals surface area contributed by atoms with Gasteiger partial charge in [0.15, 0.2) is 0 Å². The van der Waals surface area contributed by atoms with E-state index < -0.39 is 0 Å². The van der Waals surface area contributed by atoms with Gasteiger partial charge in [-0.15, -0.1) is 0 Å². The minimum atomic E-state index is 0.245. The summed E-state index contributed by atoms with van der Waals surface area (Å²) in [6.07, 6.45) is 1.96. The lowest BCUT2D eigenvalue weighted by atomic mass is 10.3. The topological polar surface area (TPSA) is 32.8 Å². The number of rotatable bonds is 6. The number of ether oxygens (including phenoxy) is 1. The Balaban J connectivity index is 1.67. The van der Waals surface area contributed by atoms with Gasteiger partial charge in [0, 0.05) is 32.7 Å². The molecule has 1 amide bonds. The molecule has 4 nitrogen and oxygen atoms in total. The summed E-state index contributed by atoms with van der Waals surface area (Å²) in [5.41, 5.74) is 0. The van der Waals surface area contributed by atoms with Crippen LogP contribution in [0.15, 0.2) is 24.3 Å². The molecule has 0 radical (unpaired) electrons. The normalized spacial score (nSPS) is 16.0. The Morgan fingerprint density at radius 1 is 1.29 bits per heavy atom. The van der Waals surface area contributed by atoms with E-state index in [0.717, 1.165) is 38.5 Å². The Kier molecular flexibility index (Phi) is 6.67. The third-order valence-corrected chi connectivity index (χ3v) is 4.34. The molecule has 1 heterocycles. The van der Waals surface area contributed by atoms with Gasteiger partial charge in [0.2, 0.25) is 5.91 Å². The first-order chi connectivity index (χ1) is 10.2. The molecule has 0 spiro atoms. The van der Waals surface area contributed by atoms with E-state index in [0.29, 0.717) is 17.4 Å². The van der Waals surface area contributed by atoms with Crippen LogP contribution in [0, 0.1) is 0 Å². The summed E-state index contributed by atoms with van der Waals surface area (Å²) in [5.74, 6) is 1.55. The summed E-state index contributed by atoms with van der Waals surface area (Å²) in [6.45, 7) is 4.91. The van der Waals surface area contributed by atoms with E-state index >= 15 is 0 Å². The Labute approximate surface area is 135 Å². The van der Waals surface area contributed by atoms with Crippen molar-refractivity contribution in [1.29, 1.82) is 0 Å². The highest BCUT2D eigenvalue weighted by Gasteiger charge is 2.20. The summed E-state index contributed by atoms with van der Waals surface area (Å²) in [7, 11) is 0. The minimum Gasteiger partial charge on any atom is -0.491 e. The lowest BCUT2D eigenvalue weighted by molar-refractivity contribution is -0.130. The second-order valence-electron chi connectivity index (χ2n) is 4.93. The quantitative estimate of drug-likeness (QED) is 0.801. The van der Waals surface area contributed by atoms with Crippen LogP contribution in [-0.4, -0.2) is 67.0 Å². The molecule has 2 rings (SSSR count). The molecule has 0 aromatic heterocycles. The van der Waals surface area contributed by atoms with Crippen molar-refractivity contribution in [2.45, 2.75) is 0 Å². The number of piperazine rings is 1. The highest BCUT2D eigenvalue weighted by Crippen LogP contribution is 2.22. The lowest BCUT2D eigenvalue weighted by Gasteiger charge is -2.34. The lowest BCUT2D eigenvalue weighted by Crippen LogP contribution is -2.50. The zero-order valence-electron chi connectivity index (χ0n) is 12.3. The molecule has 0 unspecified atom stereocenters. The van der Waals surface area contributed by atoms with Crippen LogP contribution in [0.5, 0.6) is 5.75 Å². The van der Waals surface area contributed by atoms with Gasteiger partial charge >= 0.3 is 0 Å². The largest absolute Gasteiger partial charge is 0.491 e. The number of carbonyl (C=O) groups excluding carboxylic acids is 1. The number of benzene rings is 1. The van der Waals surface area contributed by atoms with Crippen LogP contribution in [0.4, 0.5) is 0 Å². The van der Waals surface area contributed by atoms with Gasteiger partial charge < -0.3 is 9.64 Å². The molecule has 21 heavy (non-hydrogen) atoms. The van der Waals surface area contributed by atoms with E-state index in [2.05, 4.69) is 4.90 Å². The van der Waals surface area contributed by atoms with Crippen molar-refractivity contribution in [2.24, 2.45) is 0 Å². The zero-order valence-corrected chi connectivity index (χ0v) is 13.8. The predicted molar refractivity (Wildman–Crippen MR) is 88.3 cm³/mol. The Morgan fingerprint density at radius 2 is 2.00 bits per heavy atom. The van der Waals surface area contributed by atoms with Gasteiger partial charge in [-0.2, -0.15) is 11.8 Å². The number of amides is 1. The second-order valence-corrected chi connectivity index (χ2v) is 6.21. The SMILES string of the molecule is CSCC(=O)N1CCN(CCOc2ccccc2Cl)CC1. The summed E-state index contributed by atoms with van der Waals surface area (Å²) in [5, 5.41) is 0.644.